The van der Waals surface area contributed by atoms with E-state index in [1.54, 1.807) is 0 Å². The van der Waals surface area contributed by atoms with Crippen molar-refractivity contribution < 1.29 is 17.9 Å². The number of rotatable bonds is 2. The first-order valence-electron chi connectivity index (χ1n) is 5.11. The van der Waals surface area contributed by atoms with Gasteiger partial charge in [0.1, 0.15) is 10.9 Å². The summed E-state index contributed by atoms with van der Waals surface area (Å²) in [6.07, 6.45) is -4.75. The van der Waals surface area contributed by atoms with Gasteiger partial charge in [0.25, 0.3) is 0 Å². The van der Waals surface area contributed by atoms with Gasteiger partial charge in [-0.15, -0.1) is 0 Å². The number of aromatic nitrogens is 2. The van der Waals surface area contributed by atoms with Crippen molar-refractivity contribution in [3.05, 3.63) is 43.7 Å². The molecule has 0 spiro atoms. The van der Waals surface area contributed by atoms with E-state index in [1.165, 1.54) is 12.1 Å². The number of hydrogen-bond donors (Lipinski definition) is 0. The molecule has 0 aliphatic carbocycles. The second-order valence-electron chi connectivity index (χ2n) is 3.65. The molecule has 0 fully saturated rings. The summed E-state index contributed by atoms with van der Waals surface area (Å²) in [6, 6.07) is 3.80. The molecule has 21 heavy (non-hydrogen) atoms. The van der Waals surface area contributed by atoms with E-state index in [1.807, 2.05) is 0 Å². The minimum absolute atomic E-state index is 0.0350. The van der Waals surface area contributed by atoms with Crippen molar-refractivity contribution >= 4 is 50.7 Å². The van der Waals surface area contributed by atoms with Gasteiger partial charge < -0.3 is 4.74 Å². The van der Waals surface area contributed by atoms with E-state index < -0.39 is 23.0 Å². The fourth-order valence-corrected chi connectivity index (χ4v) is 2.28. The Balaban J connectivity index is 2.40. The van der Waals surface area contributed by atoms with Gasteiger partial charge in [-0.1, -0.05) is 34.8 Å². The third kappa shape index (κ3) is 4.12. The van der Waals surface area contributed by atoms with Crippen LogP contribution in [0.3, 0.4) is 0 Å². The predicted molar refractivity (Wildman–Crippen MR) is 76.3 cm³/mol. The smallest absolute Gasteiger partial charge is 0.437 e. The Morgan fingerprint density at radius 1 is 1.00 bits per heavy atom. The molecule has 0 N–H and O–H groups in total. The highest BCUT2D eigenvalue weighted by atomic mass is 79.9. The molecule has 0 aliphatic heterocycles. The normalized spacial score (nSPS) is 11.6. The molecule has 0 bridgehead atoms. The highest BCUT2D eigenvalue weighted by Gasteiger charge is 2.35. The lowest BCUT2D eigenvalue weighted by Gasteiger charge is -2.10. The Morgan fingerprint density at radius 2 is 1.67 bits per heavy atom. The summed E-state index contributed by atoms with van der Waals surface area (Å²) in [5, 5.41) is -0.00757. The van der Waals surface area contributed by atoms with Crippen molar-refractivity contribution in [3.63, 3.8) is 0 Å². The second-order valence-corrected chi connectivity index (χ2v) is 5.71. The lowest BCUT2D eigenvalue weighted by Crippen LogP contribution is -2.11. The maximum Gasteiger partial charge on any atom is 0.451 e. The summed E-state index contributed by atoms with van der Waals surface area (Å²) >= 11 is 20.4. The van der Waals surface area contributed by atoms with Gasteiger partial charge in [-0.2, -0.15) is 18.2 Å². The molecule has 0 atom stereocenters. The zero-order chi connectivity index (χ0) is 15.8. The first kappa shape index (κ1) is 16.6. The van der Waals surface area contributed by atoms with Gasteiger partial charge in [-0.3, -0.25) is 0 Å². The average molecular weight is 422 g/mol. The highest BCUT2D eigenvalue weighted by molar-refractivity contribution is 9.10. The van der Waals surface area contributed by atoms with Crippen molar-refractivity contribution in [3.8, 4) is 11.6 Å². The fraction of sp³-hybridized carbons (Fsp3) is 0.0909. The summed E-state index contributed by atoms with van der Waals surface area (Å²) in [5.41, 5.74) is 0. The lowest BCUT2D eigenvalue weighted by molar-refractivity contribution is -0.145. The van der Waals surface area contributed by atoms with Crippen molar-refractivity contribution in [1.82, 2.24) is 9.97 Å². The number of hydrogen-bond acceptors (Lipinski definition) is 3. The van der Waals surface area contributed by atoms with E-state index in [0.717, 1.165) is 6.07 Å². The maximum atomic E-state index is 12.6. The molecule has 0 aliphatic rings. The molecule has 1 aromatic carbocycles. The third-order valence-corrected chi connectivity index (χ3v) is 3.80. The van der Waals surface area contributed by atoms with Gasteiger partial charge in [0.15, 0.2) is 0 Å². The number of benzene rings is 1. The number of alkyl halides is 3. The molecular formula is C11H3BrCl3F3N2O. The Bertz CT molecular complexity index is 697. The summed E-state index contributed by atoms with van der Waals surface area (Å²) in [5.74, 6) is -1.78. The van der Waals surface area contributed by atoms with Gasteiger partial charge >= 0.3 is 6.18 Å². The molecule has 2 rings (SSSR count). The minimum Gasteiger partial charge on any atom is -0.437 e. The third-order valence-electron chi connectivity index (χ3n) is 2.11. The van der Waals surface area contributed by atoms with E-state index in [2.05, 4.69) is 25.9 Å². The van der Waals surface area contributed by atoms with Gasteiger partial charge in [-0.25, -0.2) is 4.98 Å². The maximum absolute atomic E-state index is 12.6. The van der Waals surface area contributed by atoms with Crippen molar-refractivity contribution in [2.24, 2.45) is 0 Å². The zero-order valence-electron chi connectivity index (χ0n) is 9.68. The average Bonchev–Trinajstić information content (AvgIpc) is 2.34. The van der Waals surface area contributed by atoms with Gasteiger partial charge in [0, 0.05) is 16.6 Å². The molecule has 0 amide bonds. The topological polar surface area (TPSA) is 35.0 Å². The number of halogens is 7. The quantitative estimate of drug-likeness (QED) is 0.439. The first-order valence-corrected chi connectivity index (χ1v) is 7.03. The Hall–Kier alpha value is -0.760. The number of ether oxygens (including phenoxy) is 1. The van der Waals surface area contributed by atoms with Crippen LogP contribution in [0.2, 0.25) is 15.2 Å². The van der Waals surface area contributed by atoms with Gasteiger partial charge in [0.05, 0.1) is 10.0 Å². The molecule has 1 aromatic heterocycles. The monoisotopic (exact) mass is 420 g/mol. The molecule has 0 unspecified atom stereocenters. The van der Waals surface area contributed by atoms with Crippen LogP contribution in [0.1, 0.15) is 5.82 Å². The van der Waals surface area contributed by atoms with Crippen LogP contribution in [-0.4, -0.2) is 9.97 Å². The Kier molecular flexibility index (Phi) is 4.87. The molecule has 3 nitrogen and oxygen atoms in total. The van der Waals surface area contributed by atoms with Crippen LogP contribution < -0.4 is 4.74 Å². The second kappa shape index (κ2) is 6.16. The standard InChI is InChI=1S/C11H3BrCl3F3N2O/c12-4-1-6(14)7(2-5(4)13)21-9-3-8(15)19-10(20-9)11(16,17)18/h1-3H. The fourth-order valence-electron chi connectivity index (χ4n) is 1.27. The van der Waals surface area contributed by atoms with Crippen LogP contribution in [-0.2, 0) is 6.18 Å². The summed E-state index contributed by atoms with van der Waals surface area (Å²) in [4.78, 5) is 6.32. The number of nitrogens with zero attached hydrogens (tertiary/aromatic N) is 2. The molecule has 0 radical (unpaired) electrons. The largest absolute Gasteiger partial charge is 0.451 e. The van der Waals surface area contributed by atoms with Crippen LogP contribution in [0, 0.1) is 0 Å². The Morgan fingerprint density at radius 3 is 2.29 bits per heavy atom. The van der Waals surface area contributed by atoms with Crippen molar-refractivity contribution in [1.29, 1.82) is 0 Å². The van der Waals surface area contributed by atoms with E-state index in [-0.39, 0.29) is 15.8 Å². The predicted octanol–water partition coefficient (Wildman–Crippen LogP) is 6.01. The SMILES string of the molecule is FC(F)(F)c1nc(Cl)cc(Oc2cc(Cl)c(Br)cc2Cl)n1. The van der Waals surface area contributed by atoms with E-state index in [0.29, 0.717) is 4.47 Å². The molecule has 112 valence electrons. The first-order chi connectivity index (χ1) is 9.66. The summed E-state index contributed by atoms with van der Waals surface area (Å²) < 4.78 is 43.5. The van der Waals surface area contributed by atoms with E-state index in [9.17, 15) is 13.2 Å². The van der Waals surface area contributed by atoms with Crippen molar-refractivity contribution in [2.45, 2.75) is 6.18 Å². The molecule has 2 aromatic rings. The minimum atomic E-state index is -4.75. The summed E-state index contributed by atoms with van der Waals surface area (Å²) in [6.45, 7) is 0. The Labute approximate surface area is 140 Å². The lowest BCUT2D eigenvalue weighted by atomic mass is 10.3. The van der Waals surface area contributed by atoms with Crippen LogP contribution in [0.4, 0.5) is 13.2 Å². The van der Waals surface area contributed by atoms with Crippen LogP contribution in [0.15, 0.2) is 22.7 Å². The van der Waals surface area contributed by atoms with Gasteiger partial charge in [-0.05, 0) is 22.0 Å². The van der Waals surface area contributed by atoms with Crippen molar-refractivity contribution in [2.75, 3.05) is 0 Å². The summed E-state index contributed by atoms with van der Waals surface area (Å²) in [7, 11) is 0. The molecule has 0 saturated carbocycles. The molecule has 1 heterocycles. The van der Waals surface area contributed by atoms with Gasteiger partial charge in [0.2, 0.25) is 11.7 Å². The van der Waals surface area contributed by atoms with E-state index >= 15 is 0 Å². The van der Waals surface area contributed by atoms with Crippen LogP contribution in [0.5, 0.6) is 11.6 Å². The van der Waals surface area contributed by atoms with E-state index in [4.69, 9.17) is 39.5 Å². The molecular weight excluding hydrogens is 419 g/mol. The van der Waals surface area contributed by atoms with Crippen LogP contribution in [0.25, 0.3) is 0 Å². The van der Waals surface area contributed by atoms with Crippen LogP contribution >= 0.6 is 50.7 Å². The highest BCUT2D eigenvalue weighted by Crippen LogP contribution is 2.37. The molecule has 10 heteroatoms. The molecule has 0 saturated heterocycles. The zero-order valence-corrected chi connectivity index (χ0v) is 13.5.